The third kappa shape index (κ3) is 4.51. The van der Waals surface area contributed by atoms with Crippen molar-refractivity contribution >= 4 is 33.7 Å². The molecule has 166 valence electrons. The molecule has 1 fully saturated rings. The van der Waals surface area contributed by atoms with Crippen LogP contribution in [0.1, 0.15) is 45.4 Å². The fourth-order valence-corrected chi connectivity index (χ4v) is 4.51. The molecule has 0 radical (unpaired) electrons. The number of anilines is 1. The lowest BCUT2D eigenvalue weighted by atomic mass is 10.2. The van der Waals surface area contributed by atoms with Gasteiger partial charge in [-0.1, -0.05) is 38.5 Å². The van der Waals surface area contributed by atoms with E-state index in [-0.39, 0.29) is 0 Å². The largest absolute Gasteiger partial charge is 0.382 e. The zero-order valence-electron chi connectivity index (χ0n) is 18.8. The van der Waals surface area contributed by atoms with Gasteiger partial charge in [0, 0.05) is 57.5 Å². The van der Waals surface area contributed by atoms with Gasteiger partial charge in [0.2, 0.25) is 5.91 Å². The lowest BCUT2D eigenvalue weighted by Gasteiger charge is -2.35. The third-order valence-electron chi connectivity index (χ3n) is 6.27. The van der Waals surface area contributed by atoms with Crippen LogP contribution in [0.25, 0.3) is 21.9 Å². The number of piperazine rings is 1. The molecule has 3 heterocycles. The van der Waals surface area contributed by atoms with Crippen LogP contribution in [-0.4, -0.2) is 63.0 Å². The number of carbonyl (C=O) groups excluding carboxylic acids is 1. The van der Waals surface area contributed by atoms with Gasteiger partial charge in [0.05, 0.1) is 11.0 Å². The van der Waals surface area contributed by atoms with Crippen LogP contribution >= 0.6 is 0 Å². The van der Waals surface area contributed by atoms with Gasteiger partial charge in [0.15, 0.2) is 5.82 Å². The molecule has 0 unspecified atom stereocenters. The fourth-order valence-electron chi connectivity index (χ4n) is 4.51. The van der Waals surface area contributed by atoms with Crippen LogP contribution in [0.4, 0.5) is 5.82 Å². The fraction of sp³-hybridized carbons (Fsp3) is 0.542. The first-order valence-electron chi connectivity index (χ1n) is 11.7. The number of pyridine rings is 1. The summed E-state index contributed by atoms with van der Waals surface area (Å²) in [6.45, 7) is 9.58. The number of aromatic nitrogens is 3. The summed E-state index contributed by atoms with van der Waals surface area (Å²) in [5, 5.41) is 1.11. The number of amides is 1. The SMILES string of the molecule is CCCCc1nc2c(N)nc3ccccc3c2n1CCN1CCN(C(=O)CCC)CC1. The van der Waals surface area contributed by atoms with Crippen molar-refractivity contribution in [3.05, 3.63) is 30.1 Å². The van der Waals surface area contributed by atoms with E-state index >= 15 is 0 Å². The second kappa shape index (κ2) is 9.64. The van der Waals surface area contributed by atoms with E-state index in [1.807, 2.05) is 17.0 Å². The van der Waals surface area contributed by atoms with Crippen molar-refractivity contribution in [2.24, 2.45) is 0 Å². The average molecular weight is 423 g/mol. The second-order valence-electron chi connectivity index (χ2n) is 8.47. The molecule has 3 aromatic rings. The summed E-state index contributed by atoms with van der Waals surface area (Å²) >= 11 is 0. The van der Waals surface area contributed by atoms with E-state index < -0.39 is 0 Å². The topological polar surface area (TPSA) is 80.3 Å². The van der Waals surface area contributed by atoms with Crippen molar-refractivity contribution in [1.82, 2.24) is 24.3 Å². The smallest absolute Gasteiger partial charge is 0.222 e. The van der Waals surface area contributed by atoms with Crippen molar-refractivity contribution in [2.45, 2.75) is 52.5 Å². The molecular formula is C24H34N6O. The van der Waals surface area contributed by atoms with Gasteiger partial charge < -0.3 is 15.2 Å². The van der Waals surface area contributed by atoms with Crippen LogP contribution in [0.2, 0.25) is 0 Å². The molecule has 1 saturated heterocycles. The minimum Gasteiger partial charge on any atom is -0.382 e. The normalized spacial score (nSPS) is 15.2. The van der Waals surface area contributed by atoms with Crippen molar-refractivity contribution < 1.29 is 4.79 Å². The van der Waals surface area contributed by atoms with Gasteiger partial charge in [-0.05, 0) is 18.9 Å². The summed E-state index contributed by atoms with van der Waals surface area (Å²) in [4.78, 5) is 26.1. The molecule has 2 N–H and O–H groups in total. The molecule has 0 bridgehead atoms. The Hall–Kier alpha value is -2.67. The van der Waals surface area contributed by atoms with E-state index in [0.717, 1.165) is 92.7 Å². The summed E-state index contributed by atoms with van der Waals surface area (Å²) < 4.78 is 2.36. The highest BCUT2D eigenvalue weighted by molar-refractivity contribution is 6.06. The number of hydrogen-bond acceptors (Lipinski definition) is 5. The lowest BCUT2D eigenvalue weighted by Crippen LogP contribution is -2.49. The van der Waals surface area contributed by atoms with Crippen LogP contribution in [0.3, 0.4) is 0 Å². The monoisotopic (exact) mass is 422 g/mol. The van der Waals surface area contributed by atoms with E-state index in [9.17, 15) is 4.79 Å². The molecule has 1 aliphatic rings. The molecule has 1 aromatic carbocycles. The van der Waals surface area contributed by atoms with Gasteiger partial charge in [-0.3, -0.25) is 9.69 Å². The highest BCUT2D eigenvalue weighted by Crippen LogP contribution is 2.29. The first-order valence-corrected chi connectivity index (χ1v) is 11.7. The zero-order valence-corrected chi connectivity index (χ0v) is 18.8. The molecule has 31 heavy (non-hydrogen) atoms. The molecule has 7 nitrogen and oxygen atoms in total. The molecule has 0 saturated carbocycles. The molecule has 0 aliphatic carbocycles. The third-order valence-corrected chi connectivity index (χ3v) is 6.27. The van der Waals surface area contributed by atoms with Gasteiger partial charge in [-0.25, -0.2) is 9.97 Å². The Morgan fingerprint density at radius 2 is 1.81 bits per heavy atom. The summed E-state index contributed by atoms with van der Waals surface area (Å²) in [6, 6.07) is 8.18. The Balaban J connectivity index is 1.57. The summed E-state index contributed by atoms with van der Waals surface area (Å²) in [6.07, 6.45) is 4.75. The number of benzene rings is 1. The molecule has 2 aromatic heterocycles. The van der Waals surface area contributed by atoms with Crippen LogP contribution in [0.15, 0.2) is 24.3 Å². The van der Waals surface area contributed by atoms with E-state index in [4.69, 9.17) is 10.7 Å². The van der Waals surface area contributed by atoms with Gasteiger partial charge >= 0.3 is 0 Å². The van der Waals surface area contributed by atoms with E-state index in [1.165, 1.54) is 0 Å². The van der Waals surface area contributed by atoms with Crippen molar-refractivity contribution in [3.8, 4) is 0 Å². The molecule has 7 heteroatoms. The first kappa shape index (κ1) is 21.6. The van der Waals surface area contributed by atoms with Crippen molar-refractivity contribution in [3.63, 3.8) is 0 Å². The average Bonchev–Trinajstić information content (AvgIpc) is 3.16. The van der Waals surface area contributed by atoms with Crippen LogP contribution in [-0.2, 0) is 17.8 Å². The molecule has 4 rings (SSSR count). The summed E-state index contributed by atoms with van der Waals surface area (Å²) in [5.74, 6) is 1.89. The standard InChI is InChI=1S/C24H34N6O/c1-3-5-11-20-27-22-23(18-9-6-7-10-19(18)26-24(22)25)30(20)17-14-28-12-15-29(16-13-28)21(31)8-4-2/h6-7,9-10H,3-5,8,11-17H2,1-2H3,(H2,25,26). The zero-order chi connectivity index (χ0) is 21.8. The van der Waals surface area contributed by atoms with Crippen LogP contribution < -0.4 is 5.73 Å². The number of rotatable bonds is 8. The van der Waals surface area contributed by atoms with Crippen LogP contribution in [0.5, 0.6) is 0 Å². The number of hydrogen-bond donors (Lipinski definition) is 1. The molecular weight excluding hydrogens is 388 g/mol. The van der Waals surface area contributed by atoms with Gasteiger partial charge in [0.25, 0.3) is 0 Å². The van der Waals surface area contributed by atoms with E-state index in [2.05, 4.69) is 40.4 Å². The minimum atomic E-state index is 0.291. The maximum Gasteiger partial charge on any atom is 0.222 e. The Morgan fingerprint density at radius 3 is 2.55 bits per heavy atom. The number of para-hydroxylation sites is 1. The highest BCUT2D eigenvalue weighted by atomic mass is 16.2. The number of nitrogens with two attached hydrogens (primary N) is 1. The molecule has 1 amide bonds. The molecule has 1 aliphatic heterocycles. The number of aryl methyl sites for hydroxylation is 1. The Bertz CT molecular complexity index is 1050. The van der Waals surface area contributed by atoms with Gasteiger partial charge in [-0.2, -0.15) is 0 Å². The quantitative estimate of drug-likeness (QED) is 0.601. The maximum absolute atomic E-state index is 12.2. The number of nitrogen functional groups attached to an aromatic ring is 1. The number of fused-ring (bicyclic) bond motifs is 3. The summed E-state index contributed by atoms with van der Waals surface area (Å²) in [5.41, 5.74) is 9.14. The predicted molar refractivity (Wildman–Crippen MR) is 126 cm³/mol. The van der Waals surface area contributed by atoms with Crippen molar-refractivity contribution in [2.75, 3.05) is 38.5 Å². The summed E-state index contributed by atoms with van der Waals surface area (Å²) in [7, 11) is 0. The maximum atomic E-state index is 12.2. The molecule has 0 spiro atoms. The highest BCUT2D eigenvalue weighted by Gasteiger charge is 2.22. The van der Waals surface area contributed by atoms with E-state index in [0.29, 0.717) is 18.1 Å². The Morgan fingerprint density at radius 1 is 1.03 bits per heavy atom. The lowest BCUT2D eigenvalue weighted by molar-refractivity contribution is -0.133. The predicted octanol–water partition coefficient (Wildman–Crippen LogP) is 3.45. The molecule has 0 atom stereocenters. The van der Waals surface area contributed by atoms with Gasteiger partial charge in [-0.15, -0.1) is 0 Å². The number of unbranched alkanes of at least 4 members (excludes halogenated alkanes) is 1. The van der Waals surface area contributed by atoms with Crippen LogP contribution in [0, 0.1) is 0 Å². The first-order chi connectivity index (χ1) is 15.1. The number of carbonyl (C=O) groups is 1. The Kier molecular flexibility index (Phi) is 6.70. The van der Waals surface area contributed by atoms with Gasteiger partial charge in [0.1, 0.15) is 11.3 Å². The number of nitrogens with zero attached hydrogens (tertiary/aromatic N) is 5. The second-order valence-corrected chi connectivity index (χ2v) is 8.47. The van der Waals surface area contributed by atoms with Crippen molar-refractivity contribution in [1.29, 1.82) is 0 Å². The van der Waals surface area contributed by atoms with E-state index in [1.54, 1.807) is 0 Å². The Labute approximate surface area is 184 Å². The minimum absolute atomic E-state index is 0.291. The number of imidazole rings is 1.